The summed E-state index contributed by atoms with van der Waals surface area (Å²) in [7, 11) is 0. The second-order valence-corrected chi connectivity index (χ2v) is 6.86. The molecule has 2 saturated heterocycles. The molecule has 13 heavy (non-hydrogen) atoms. The van der Waals surface area contributed by atoms with Crippen LogP contribution in [0.5, 0.6) is 0 Å². The molecule has 0 radical (unpaired) electrons. The smallest absolute Gasteiger partial charge is 0.0923 e. The highest BCUT2D eigenvalue weighted by Crippen LogP contribution is 2.64. The van der Waals surface area contributed by atoms with Gasteiger partial charge in [-0.15, -0.1) is 0 Å². The molecule has 1 nitrogen and oxygen atoms in total. The first-order valence-electron chi connectivity index (χ1n) is 5.61. The summed E-state index contributed by atoms with van der Waals surface area (Å²) in [6.07, 6.45) is 6.46. The fraction of sp³-hybridized carbons (Fsp3) is 1.00. The molecule has 2 saturated carbocycles. The van der Waals surface area contributed by atoms with Crippen LogP contribution in [-0.2, 0) is 4.74 Å². The van der Waals surface area contributed by atoms with Crippen molar-refractivity contribution in [2.45, 2.75) is 54.8 Å². The molecule has 72 valence electrons. The molecule has 0 aromatic carbocycles. The summed E-state index contributed by atoms with van der Waals surface area (Å²) in [5, 5.41) is 2.12. The Balaban J connectivity index is 1.56. The molecule has 0 aromatic heterocycles. The molecule has 4 aliphatic rings. The van der Waals surface area contributed by atoms with E-state index in [0.717, 1.165) is 22.3 Å². The van der Waals surface area contributed by atoms with Crippen LogP contribution in [0.25, 0.3) is 0 Å². The van der Waals surface area contributed by atoms with Gasteiger partial charge in [-0.3, -0.25) is 0 Å². The summed E-state index contributed by atoms with van der Waals surface area (Å²) in [5.74, 6) is 1.97. The number of epoxide rings is 1. The fourth-order valence-electron chi connectivity index (χ4n) is 3.78. The monoisotopic (exact) mass is 196 g/mol. The molecule has 2 heteroatoms. The molecule has 0 N–H and O–H groups in total. The molecule has 0 amide bonds. The summed E-state index contributed by atoms with van der Waals surface area (Å²) in [6, 6.07) is 0. The van der Waals surface area contributed by atoms with E-state index < -0.39 is 0 Å². The van der Waals surface area contributed by atoms with Gasteiger partial charge in [-0.2, -0.15) is 11.8 Å². The number of rotatable bonds is 1. The standard InChI is InChI=1S/C11H16OS/c1-11-5-4-7(10(11)12-11)6-2-3-8-9(6)13-8/h6-10H,2-5H2,1H3. The van der Waals surface area contributed by atoms with Crippen molar-refractivity contribution in [3.05, 3.63) is 0 Å². The van der Waals surface area contributed by atoms with E-state index in [-0.39, 0.29) is 0 Å². The largest absolute Gasteiger partial charge is 0.366 e. The van der Waals surface area contributed by atoms with Gasteiger partial charge >= 0.3 is 0 Å². The first kappa shape index (κ1) is 7.58. The minimum Gasteiger partial charge on any atom is -0.366 e. The Hall–Kier alpha value is 0.310. The summed E-state index contributed by atoms with van der Waals surface area (Å²) < 4.78 is 5.82. The van der Waals surface area contributed by atoms with Gasteiger partial charge in [-0.25, -0.2) is 0 Å². The van der Waals surface area contributed by atoms with E-state index in [1.165, 1.54) is 25.7 Å². The second kappa shape index (κ2) is 2.11. The predicted molar refractivity (Wildman–Crippen MR) is 53.9 cm³/mol. The zero-order chi connectivity index (χ0) is 8.63. The van der Waals surface area contributed by atoms with Crippen LogP contribution >= 0.6 is 11.8 Å². The average molecular weight is 196 g/mol. The molecule has 0 bridgehead atoms. The lowest BCUT2D eigenvalue weighted by Gasteiger charge is -2.19. The zero-order valence-corrected chi connectivity index (χ0v) is 8.85. The van der Waals surface area contributed by atoms with Crippen LogP contribution in [0, 0.1) is 11.8 Å². The molecule has 0 spiro atoms. The minimum atomic E-state index is 0.336. The second-order valence-electron chi connectivity index (χ2n) is 5.43. The number of thioether (sulfide) groups is 1. The third-order valence-electron chi connectivity index (χ3n) is 4.68. The van der Waals surface area contributed by atoms with Crippen LogP contribution in [-0.4, -0.2) is 22.2 Å². The molecule has 4 rings (SSSR count). The minimum absolute atomic E-state index is 0.336. The quantitative estimate of drug-likeness (QED) is 0.597. The van der Waals surface area contributed by atoms with Crippen molar-refractivity contribution in [1.29, 1.82) is 0 Å². The van der Waals surface area contributed by atoms with E-state index in [0.29, 0.717) is 11.7 Å². The van der Waals surface area contributed by atoms with E-state index in [4.69, 9.17) is 4.74 Å². The Morgan fingerprint density at radius 2 is 2.15 bits per heavy atom. The molecular weight excluding hydrogens is 180 g/mol. The van der Waals surface area contributed by atoms with Crippen molar-refractivity contribution in [2.24, 2.45) is 11.8 Å². The van der Waals surface area contributed by atoms with E-state index in [9.17, 15) is 0 Å². The first-order chi connectivity index (χ1) is 6.28. The number of hydrogen-bond acceptors (Lipinski definition) is 2. The van der Waals surface area contributed by atoms with Crippen molar-refractivity contribution in [3.63, 3.8) is 0 Å². The lowest BCUT2D eigenvalue weighted by Crippen LogP contribution is -2.19. The molecule has 0 aromatic rings. The Morgan fingerprint density at radius 3 is 2.62 bits per heavy atom. The lowest BCUT2D eigenvalue weighted by molar-refractivity contribution is 0.193. The Kier molecular flexibility index (Phi) is 1.23. The summed E-state index contributed by atoms with van der Waals surface area (Å²) >= 11 is 2.24. The van der Waals surface area contributed by atoms with Crippen molar-refractivity contribution < 1.29 is 4.74 Å². The van der Waals surface area contributed by atoms with Gasteiger partial charge in [0.25, 0.3) is 0 Å². The number of fused-ring (bicyclic) bond motifs is 2. The van der Waals surface area contributed by atoms with Crippen LogP contribution in [0.15, 0.2) is 0 Å². The molecule has 2 aliphatic carbocycles. The molecule has 6 unspecified atom stereocenters. The van der Waals surface area contributed by atoms with Crippen molar-refractivity contribution in [1.82, 2.24) is 0 Å². The maximum atomic E-state index is 5.82. The molecule has 4 fully saturated rings. The molecule has 2 heterocycles. The van der Waals surface area contributed by atoms with Crippen molar-refractivity contribution in [2.75, 3.05) is 0 Å². The third-order valence-corrected chi connectivity index (χ3v) is 6.24. The molecular formula is C11H16OS. The molecule has 6 atom stereocenters. The maximum absolute atomic E-state index is 5.82. The number of hydrogen-bond donors (Lipinski definition) is 0. The van der Waals surface area contributed by atoms with Gasteiger partial charge in [0.15, 0.2) is 0 Å². The Morgan fingerprint density at radius 1 is 1.23 bits per heavy atom. The van der Waals surface area contributed by atoms with Gasteiger partial charge in [-0.05, 0) is 44.4 Å². The van der Waals surface area contributed by atoms with Gasteiger partial charge < -0.3 is 4.74 Å². The summed E-state index contributed by atoms with van der Waals surface area (Å²) in [4.78, 5) is 0. The molecule has 2 aliphatic heterocycles. The third kappa shape index (κ3) is 0.892. The summed E-state index contributed by atoms with van der Waals surface area (Å²) in [5.41, 5.74) is 0.336. The van der Waals surface area contributed by atoms with Gasteiger partial charge in [0.1, 0.15) is 0 Å². The summed E-state index contributed by atoms with van der Waals surface area (Å²) in [6.45, 7) is 2.31. The predicted octanol–water partition coefficient (Wildman–Crippen LogP) is 2.45. The van der Waals surface area contributed by atoms with E-state index in [2.05, 4.69) is 18.7 Å². The maximum Gasteiger partial charge on any atom is 0.0923 e. The number of ether oxygens (including phenoxy) is 1. The SMILES string of the molecule is CC12CCC(C3CCC4SC43)C1O2. The van der Waals surface area contributed by atoms with Gasteiger partial charge in [0.2, 0.25) is 0 Å². The van der Waals surface area contributed by atoms with Gasteiger partial charge in [0, 0.05) is 10.5 Å². The lowest BCUT2D eigenvalue weighted by atomic mass is 9.88. The van der Waals surface area contributed by atoms with E-state index in [1.54, 1.807) is 0 Å². The zero-order valence-electron chi connectivity index (χ0n) is 8.03. The Bertz CT molecular complexity index is 267. The highest BCUT2D eigenvalue weighted by atomic mass is 32.2. The van der Waals surface area contributed by atoms with E-state index >= 15 is 0 Å². The normalized spacial score (nSPS) is 67.6. The highest BCUT2D eigenvalue weighted by molar-refractivity contribution is 8.07. The van der Waals surface area contributed by atoms with Crippen LogP contribution in [0.2, 0.25) is 0 Å². The van der Waals surface area contributed by atoms with Gasteiger partial charge in [-0.1, -0.05) is 0 Å². The van der Waals surface area contributed by atoms with Crippen LogP contribution < -0.4 is 0 Å². The average Bonchev–Trinajstić information content (AvgIpc) is 2.94. The first-order valence-corrected chi connectivity index (χ1v) is 6.55. The van der Waals surface area contributed by atoms with E-state index in [1.807, 2.05) is 0 Å². The topological polar surface area (TPSA) is 12.5 Å². The Labute approximate surface area is 83.6 Å². The van der Waals surface area contributed by atoms with Crippen molar-refractivity contribution >= 4 is 11.8 Å². The fourth-order valence-corrected chi connectivity index (χ4v) is 5.25. The van der Waals surface area contributed by atoms with Crippen LogP contribution in [0.4, 0.5) is 0 Å². The highest BCUT2D eigenvalue weighted by Gasteiger charge is 2.65. The van der Waals surface area contributed by atoms with Crippen LogP contribution in [0.3, 0.4) is 0 Å². The van der Waals surface area contributed by atoms with Gasteiger partial charge in [0.05, 0.1) is 11.7 Å². The van der Waals surface area contributed by atoms with Crippen LogP contribution in [0.1, 0.15) is 32.6 Å². The van der Waals surface area contributed by atoms with Crippen molar-refractivity contribution in [3.8, 4) is 0 Å².